The Morgan fingerprint density at radius 3 is 2.37 bits per heavy atom. The van der Waals surface area contributed by atoms with E-state index in [0.717, 1.165) is 11.3 Å². The number of carbonyl (C=O) groups is 2. The number of carbonyl (C=O) groups excluding carboxylic acids is 2. The smallest absolute Gasteiger partial charge is 0.300 e. The molecule has 8 nitrogen and oxygen atoms in total. The van der Waals surface area contributed by atoms with Crippen LogP contribution in [0.25, 0.3) is 5.76 Å². The van der Waals surface area contributed by atoms with E-state index in [9.17, 15) is 14.7 Å². The zero-order chi connectivity index (χ0) is 27.1. The highest BCUT2D eigenvalue weighted by Gasteiger charge is 2.47. The summed E-state index contributed by atoms with van der Waals surface area (Å²) < 4.78 is 16.4. The Bertz CT molecular complexity index is 1440. The van der Waals surface area contributed by atoms with Gasteiger partial charge in [0.05, 0.1) is 18.7 Å². The molecule has 2 aliphatic heterocycles. The predicted octanol–water partition coefficient (Wildman–Crippen LogP) is 5.24. The Balaban J connectivity index is 1.70. The second-order valence-electron chi connectivity index (χ2n) is 9.80. The molecule has 0 aromatic heterocycles. The van der Waals surface area contributed by atoms with Crippen molar-refractivity contribution in [2.75, 3.05) is 37.8 Å². The summed E-state index contributed by atoms with van der Waals surface area (Å²) in [6, 6.07) is 17.1. The number of hydrogen-bond donors (Lipinski definition) is 1. The van der Waals surface area contributed by atoms with Gasteiger partial charge in [-0.1, -0.05) is 26.0 Å². The van der Waals surface area contributed by atoms with Crippen molar-refractivity contribution in [2.45, 2.75) is 25.8 Å². The molecule has 1 N–H and O–H groups in total. The maximum absolute atomic E-state index is 13.5. The fraction of sp³-hybridized carbons (Fsp3) is 0.267. The lowest BCUT2D eigenvalue weighted by atomic mass is 9.93. The largest absolute Gasteiger partial charge is 0.507 e. The van der Waals surface area contributed by atoms with Crippen LogP contribution in [0.15, 0.2) is 66.2 Å². The van der Waals surface area contributed by atoms with E-state index in [-0.39, 0.29) is 24.0 Å². The molecule has 2 aliphatic rings. The Kier molecular flexibility index (Phi) is 6.48. The lowest BCUT2D eigenvalue weighted by molar-refractivity contribution is -0.132. The Morgan fingerprint density at radius 2 is 1.71 bits per heavy atom. The first kappa shape index (κ1) is 25.2. The van der Waals surface area contributed by atoms with E-state index in [2.05, 4.69) is 0 Å². The number of amides is 1. The molecule has 2 heterocycles. The predicted molar refractivity (Wildman–Crippen MR) is 145 cm³/mol. The highest BCUT2D eigenvalue weighted by atomic mass is 16.7. The van der Waals surface area contributed by atoms with E-state index in [1.807, 2.05) is 57.1 Å². The third kappa shape index (κ3) is 4.22. The maximum atomic E-state index is 13.5. The van der Waals surface area contributed by atoms with Crippen LogP contribution in [-0.2, 0) is 9.59 Å². The molecule has 1 saturated heterocycles. The highest BCUT2D eigenvalue weighted by Crippen LogP contribution is 2.45. The van der Waals surface area contributed by atoms with Gasteiger partial charge < -0.3 is 24.2 Å². The summed E-state index contributed by atoms with van der Waals surface area (Å²) in [5.41, 5.74) is 3.46. The first-order chi connectivity index (χ1) is 18.2. The van der Waals surface area contributed by atoms with Crippen LogP contribution in [-0.4, -0.2) is 44.8 Å². The number of aliphatic hydroxyl groups is 1. The van der Waals surface area contributed by atoms with Crippen molar-refractivity contribution in [1.29, 1.82) is 0 Å². The van der Waals surface area contributed by atoms with Crippen molar-refractivity contribution in [3.05, 3.63) is 82.9 Å². The third-order valence-electron chi connectivity index (χ3n) is 6.93. The number of Topliss-reactive ketones (excluding diaryl/α,β-unsaturated/α-hetero) is 1. The summed E-state index contributed by atoms with van der Waals surface area (Å²) >= 11 is 0. The Labute approximate surface area is 221 Å². The van der Waals surface area contributed by atoms with Crippen LogP contribution in [0, 0.1) is 0 Å². The SMILES string of the molecule is COc1ccc(/C(O)=C2\C(=O)C(=O)N(c3ccc4c(c3)OCO4)C2c2ccc(N(C)C)cc2)cc1C(C)C. The summed E-state index contributed by atoms with van der Waals surface area (Å²) in [5.74, 6) is 0.127. The molecule has 3 aromatic rings. The van der Waals surface area contributed by atoms with E-state index in [1.165, 1.54) is 4.90 Å². The average molecular weight is 515 g/mol. The number of benzene rings is 3. The topological polar surface area (TPSA) is 88.5 Å². The quantitative estimate of drug-likeness (QED) is 0.273. The molecule has 3 aromatic carbocycles. The van der Waals surface area contributed by atoms with Crippen molar-refractivity contribution in [3.8, 4) is 17.2 Å². The van der Waals surface area contributed by atoms with Crippen molar-refractivity contribution in [2.24, 2.45) is 0 Å². The Morgan fingerprint density at radius 1 is 1.00 bits per heavy atom. The molecule has 0 bridgehead atoms. The Hall–Kier alpha value is -4.46. The number of ketones is 1. The van der Waals surface area contributed by atoms with Gasteiger partial charge >= 0.3 is 0 Å². The van der Waals surface area contributed by atoms with Crippen LogP contribution in [0.3, 0.4) is 0 Å². The fourth-order valence-electron chi connectivity index (χ4n) is 4.89. The van der Waals surface area contributed by atoms with Crippen molar-refractivity contribution < 1.29 is 28.9 Å². The van der Waals surface area contributed by atoms with Crippen molar-refractivity contribution in [1.82, 2.24) is 0 Å². The molecule has 1 amide bonds. The van der Waals surface area contributed by atoms with Crippen LogP contribution in [0.5, 0.6) is 17.2 Å². The number of anilines is 2. The normalized spacial score (nSPS) is 17.8. The van der Waals surface area contributed by atoms with E-state index < -0.39 is 17.7 Å². The summed E-state index contributed by atoms with van der Waals surface area (Å²) in [7, 11) is 5.46. The van der Waals surface area contributed by atoms with Gasteiger partial charge in [-0.15, -0.1) is 0 Å². The zero-order valence-electron chi connectivity index (χ0n) is 22.0. The molecule has 0 spiro atoms. The monoisotopic (exact) mass is 514 g/mol. The lowest BCUT2D eigenvalue weighted by Crippen LogP contribution is -2.29. The first-order valence-electron chi connectivity index (χ1n) is 12.4. The van der Waals surface area contributed by atoms with E-state index in [0.29, 0.717) is 34.1 Å². The molecule has 0 saturated carbocycles. The summed E-state index contributed by atoms with van der Waals surface area (Å²) in [6.07, 6.45) is 0. The molecular weight excluding hydrogens is 484 g/mol. The number of nitrogens with zero attached hydrogens (tertiary/aromatic N) is 2. The van der Waals surface area contributed by atoms with Crippen molar-refractivity contribution >= 4 is 28.8 Å². The van der Waals surface area contributed by atoms with E-state index in [1.54, 1.807) is 43.5 Å². The van der Waals surface area contributed by atoms with Crippen molar-refractivity contribution in [3.63, 3.8) is 0 Å². The number of methoxy groups -OCH3 is 1. The summed E-state index contributed by atoms with van der Waals surface area (Å²) in [4.78, 5) is 30.4. The molecule has 196 valence electrons. The molecule has 38 heavy (non-hydrogen) atoms. The maximum Gasteiger partial charge on any atom is 0.300 e. The van der Waals surface area contributed by atoms with Gasteiger partial charge in [0.1, 0.15) is 11.5 Å². The zero-order valence-corrected chi connectivity index (χ0v) is 22.0. The lowest BCUT2D eigenvalue weighted by Gasteiger charge is -2.26. The molecule has 1 unspecified atom stereocenters. The average Bonchev–Trinajstić information content (AvgIpc) is 3.49. The van der Waals surface area contributed by atoms with Crippen LogP contribution in [0.4, 0.5) is 11.4 Å². The van der Waals surface area contributed by atoms with Gasteiger partial charge in [0.25, 0.3) is 11.7 Å². The number of rotatable bonds is 6. The second kappa shape index (κ2) is 9.78. The number of aliphatic hydroxyl groups excluding tert-OH is 1. The molecule has 1 atom stereocenters. The van der Waals surface area contributed by atoms with Gasteiger partial charge in [0.15, 0.2) is 11.5 Å². The minimum Gasteiger partial charge on any atom is -0.507 e. The number of ether oxygens (including phenoxy) is 3. The minimum absolute atomic E-state index is 0.0187. The summed E-state index contributed by atoms with van der Waals surface area (Å²) in [5, 5.41) is 11.6. The van der Waals surface area contributed by atoms with Crippen LogP contribution in [0.1, 0.15) is 42.5 Å². The highest BCUT2D eigenvalue weighted by molar-refractivity contribution is 6.51. The van der Waals surface area contributed by atoms with Crippen LogP contribution < -0.4 is 24.0 Å². The van der Waals surface area contributed by atoms with E-state index >= 15 is 0 Å². The van der Waals surface area contributed by atoms with Gasteiger partial charge in [-0.2, -0.15) is 0 Å². The first-order valence-corrected chi connectivity index (χ1v) is 12.4. The molecule has 8 heteroatoms. The molecule has 0 radical (unpaired) electrons. The van der Waals surface area contributed by atoms with Gasteiger partial charge in [0, 0.05) is 37.1 Å². The van der Waals surface area contributed by atoms with Crippen LogP contribution in [0.2, 0.25) is 0 Å². The molecule has 5 rings (SSSR count). The summed E-state index contributed by atoms with van der Waals surface area (Å²) in [6.45, 7) is 4.13. The fourth-order valence-corrected chi connectivity index (χ4v) is 4.89. The van der Waals surface area contributed by atoms with Gasteiger partial charge in [-0.3, -0.25) is 14.5 Å². The van der Waals surface area contributed by atoms with Gasteiger partial charge in [-0.25, -0.2) is 0 Å². The van der Waals surface area contributed by atoms with E-state index in [4.69, 9.17) is 14.2 Å². The molecule has 0 aliphatic carbocycles. The van der Waals surface area contributed by atoms with Gasteiger partial charge in [-0.05, 0) is 59.5 Å². The minimum atomic E-state index is -0.851. The number of hydrogen-bond acceptors (Lipinski definition) is 7. The number of fused-ring (bicyclic) bond motifs is 1. The van der Waals surface area contributed by atoms with Gasteiger partial charge in [0.2, 0.25) is 6.79 Å². The molecular formula is C30H30N2O6. The second-order valence-corrected chi connectivity index (χ2v) is 9.80. The van der Waals surface area contributed by atoms with Crippen LogP contribution >= 0.6 is 0 Å². The standard InChI is InChI=1S/C30H30N2O6/c1-17(2)22-14-19(8-12-23(22)36-5)28(33)26-27(18-6-9-20(10-7-18)31(3)4)32(30(35)29(26)34)21-11-13-24-25(15-21)38-16-37-24/h6-15,17,27,33H,16H2,1-5H3/b28-26+. The third-order valence-corrected chi connectivity index (χ3v) is 6.93. The molecule has 1 fully saturated rings.